The summed E-state index contributed by atoms with van der Waals surface area (Å²) in [6, 6.07) is 18.3. The summed E-state index contributed by atoms with van der Waals surface area (Å²) in [5.74, 6) is 5.20. The molecule has 148 valence electrons. The van der Waals surface area contributed by atoms with Crippen LogP contribution >= 0.6 is 0 Å². The number of nitrogens with zero attached hydrogens (tertiary/aromatic N) is 2. The minimum Gasteiger partial charge on any atom is -0.588 e. The topological polar surface area (TPSA) is 76.5 Å². The summed E-state index contributed by atoms with van der Waals surface area (Å²) in [4.78, 5) is 16.0. The van der Waals surface area contributed by atoms with Crippen molar-refractivity contribution in [2.24, 2.45) is 0 Å². The summed E-state index contributed by atoms with van der Waals surface area (Å²) < 4.78 is 14.8. The molecule has 0 amide bonds. The Hall–Kier alpha value is -3.53. The molecule has 0 saturated heterocycles. The third-order valence-corrected chi connectivity index (χ3v) is 6.01. The maximum Gasteiger partial charge on any atom is 0.335 e. The Morgan fingerprint density at radius 1 is 1.10 bits per heavy atom. The van der Waals surface area contributed by atoms with E-state index < -0.39 is 17.3 Å². The summed E-state index contributed by atoms with van der Waals surface area (Å²) >= 11 is -1.40. The fourth-order valence-electron chi connectivity index (χ4n) is 3.01. The molecule has 1 aliphatic rings. The van der Waals surface area contributed by atoms with E-state index in [1.807, 2.05) is 36.4 Å². The third kappa shape index (κ3) is 4.54. The summed E-state index contributed by atoms with van der Waals surface area (Å²) in [5, 5.41) is 9.01. The molecule has 1 unspecified atom stereocenters. The molecule has 2 aromatic carbocycles. The van der Waals surface area contributed by atoms with Crippen LogP contribution in [0.4, 0.5) is 0 Å². The van der Waals surface area contributed by atoms with E-state index in [-0.39, 0.29) is 5.56 Å². The SMILES string of the molecule is O=C(O)c1ccc(CN2C=Cc3cnc(C#CCc4ccccc4)cc3[S+]2[O-])cc1. The lowest BCUT2D eigenvalue weighted by Gasteiger charge is -2.26. The standard InChI is InChI=1S/C24H18N2O3S/c27-24(28)20-11-9-19(10-12-20)17-26-14-13-21-16-25-22(15-23(21)30(26)29)8-4-7-18-5-2-1-3-6-18/h1-3,5-6,9-16H,7,17H2,(H,27,28). The zero-order valence-electron chi connectivity index (χ0n) is 16.0. The van der Waals surface area contributed by atoms with Crippen LogP contribution in [0.2, 0.25) is 0 Å². The van der Waals surface area contributed by atoms with Crippen LogP contribution in [0, 0.1) is 11.8 Å². The molecule has 3 aromatic rings. The predicted octanol–water partition coefficient (Wildman–Crippen LogP) is 3.88. The first-order valence-electron chi connectivity index (χ1n) is 9.32. The Balaban J connectivity index is 1.48. The van der Waals surface area contributed by atoms with Crippen LogP contribution in [0.5, 0.6) is 0 Å². The lowest BCUT2D eigenvalue weighted by molar-refractivity contribution is 0.0697. The van der Waals surface area contributed by atoms with Crippen molar-refractivity contribution in [1.82, 2.24) is 9.29 Å². The first kappa shape index (κ1) is 19.8. The van der Waals surface area contributed by atoms with E-state index in [0.29, 0.717) is 23.6 Å². The van der Waals surface area contributed by atoms with E-state index in [4.69, 9.17) is 5.11 Å². The summed E-state index contributed by atoms with van der Waals surface area (Å²) in [6.07, 6.45) is 5.96. The summed E-state index contributed by atoms with van der Waals surface area (Å²) in [5.41, 5.74) is 3.62. The molecule has 1 aromatic heterocycles. The van der Waals surface area contributed by atoms with Gasteiger partial charge in [0.15, 0.2) is 4.90 Å². The molecular weight excluding hydrogens is 396 g/mol. The van der Waals surface area contributed by atoms with Crippen LogP contribution in [0.1, 0.15) is 32.7 Å². The zero-order valence-corrected chi connectivity index (χ0v) is 16.8. The van der Waals surface area contributed by atoms with Gasteiger partial charge in [-0.15, -0.1) is 0 Å². The van der Waals surface area contributed by atoms with Gasteiger partial charge in [-0.05, 0) is 35.3 Å². The number of aromatic carboxylic acids is 1. The van der Waals surface area contributed by atoms with Crippen LogP contribution in [0.25, 0.3) is 6.08 Å². The number of hydrogen-bond acceptors (Lipinski definition) is 4. The van der Waals surface area contributed by atoms with Crippen LogP contribution in [-0.2, 0) is 24.3 Å². The van der Waals surface area contributed by atoms with Gasteiger partial charge in [0, 0.05) is 18.7 Å². The Morgan fingerprint density at radius 2 is 1.87 bits per heavy atom. The number of carboxylic acids is 1. The molecular formula is C24H18N2O3S. The van der Waals surface area contributed by atoms with E-state index >= 15 is 0 Å². The number of rotatable bonds is 4. The Morgan fingerprint density at radius 3 is 2.60 bits per heavy atom. The Labute approximate surface area is 178 Å². The number of hydrogen-bond donors (Lipinski definition) is 1. The van der Waals surface area contributed by atoms with Gasteiger partial charge in [-0.3, -0.25) is 0 Å². The van der Waals surface area contributed by atoms with Gasteiger partial charge in [-0.25, -0.2) is 9.78 Å². The van der Waals surface area contributed by atoms with Crippen molar-refractivity contribution in [2.75, 3.05) is 0 Å². The zero-order chi connectivity index (χ0) is 20.9. The van der Waals surface area contributed by atoms with Gasteiger partial charge in [0.2, 0.25) is 0 Å². The molecule has 4 rings (SSSR count). The molecule has 1 aliphatic heterocycles. The van der Waals surface area contributed by atoms with Crippen LogP contribution in [0.3, 0.4) is 0 Å². The molecule has 0 radical (unpaired) electrons. The fourth-order valence-corrected chi connectivity index (χ4v) is 4.24. The Kier molecular flexibility index (Phi) is 5.84. The van der Waals surface area contributed by atoms with Gasteiger partial charge in [0.25, 0.3) is 0 Å². The smallest absolute Gasteiger partial charge is 0.335 e. The minimum absolute atomic E-state index is 0.226. The first-order chi connectivity index (χ1) is 14.6. The van der Waals surface area contributed by atoms with Crippen molar-refractivity contribution >= 4 is 23.4 Å². The Bertz CT molecular complexity index is 1150. The second-order valence-corrected chi connectivity index (χ2v) is 8.12. The van der Waals surface area contributed by atoms with Crippen LogP contribution in [-0.4, -0.2) is 24.9 Å². The predicted molar refractivity (Wildman–Crippen MR) is 116 cm³/mol. The second-order valence-electron chi connectivity index (χ2n) is 6.71. The number of carboxylic acid groups (broad SMARTS) is 1. The largest absolute Gasteiger partial charge is 0.588 e. The third-order valence-electron chi connectivity index (χ3n) is 4.61. The van der Waals surface area contributed by atoms with Gasteiger partial charge >= 0.3 is 5.97 Å². The average Bonchev–Trinajstić information content (AvgIpc) is 2.77. The van der Waals surface area contributed by atoms with Crippen molar-refractivity contribution in [3.05, 3.63) is 101 Å². The molecule has 6 heteroatoms. The molecule has 0 aliphatic carbocycles. The molecule has 30 heavy (non-hydrogen) atoms. The van der Waals surface area contributed by atoms with Gasteiger partial charge in [0.05, 0.1) is 23.9 Å². The highest BCUT2D eigenvalue weighted by Crippen LogP contribution is 2.28. The van der Waals surface area contributed by atoms with E-state index in [2.05, 4.69) is 16.8 Å². The normalized spacial score (nSPS) is 14.6. The average molecular weight is 414 g/mol. The number of aromatic nitrogens is 1. The highest BCUT2D eigenvalue weighted by atomic mass is 32.2. The number of carbonyl (C=O) groups is 1. The van der Waals surface area contributed by atoms with Crippen LogP contribution in [0.15, 0.2) is 78.0 Å². The highest BCUT2D eigenvalue weighted by molar-refractivity contribution is 7.89. The fraction of sp³-hybridized carbons (Fsp3) is 0.0833. The van der Waals surface area contributed by atoms with E-state index in [1.165, 1.54) is 0 Å². The number of fused-ring (bicyclic) bond motifs is 1. The summed E-state index contributed by atoms with van der Waals surface area (Å²) in [7, 11) is 0. The van der Waals surface area contributed by atoms with E-state index in [1.54, 1.807) is 47.0 Å². The van der Waals surface area contributed by atoms with Crippen molar-refractivity contribution < 1.29 is 14.5 Å². The second kappa shape index (κ2) is 8.87. The number of pyridine rings is 1. The molecule has 0 saturated carbocycles. The van der Waals surface area contributed by atoms with Crippen LogP contribution < -0.4 is 0 Å². The highest BCUT2D eigenvalue weighted by Gasteiger charge is 2.27. The first-order valence-corrected chi connectivity index (χ1v) is 10.4. The van der Waals surface area contributed by atoms with Gasteiger partial charge in [0.1, 0.15) is 17.1 Å². The molecule has 1 atom stereocenters. The summed E-state index contributed by atoms with van der Waals surface area (Å²) in [6.45, 7) is 0.403. The van der Waals surface area contributed by atoms with Gasteiger partial charge in [-0.2, -0.15) is 4.31 Å². The maximum absolute atomic E-state index is 13.1. The monoisotopic (exact) mass is 414 g/mol. The molecule has 1 N–H and O–H groups in total. The quantitative estimate of drug-likeness (QED) is 0.518. The molecule has 2 heterocycles. The molecule has 5 nitrogen and oxygen atoms in total. The lowest BCUT2D eigenvalue weighted by atomic mass is 10.1. The van der Waals surface area contributed by atoms with Crippen molar-refractivity contribution in [3.63, 3.8) is 0 Å². The van der Waals surface area contributed by atoms with Gasteiger partial charge < -0.3 is 9.66 Å². The maximum atomic E-state index is 13.1. The molecule has 0 spiro atoms. The van der Waals surface area contributed by atoms with Gasteiger partial charge in [-0.1, -0.05) is 48.4 Å². The molecule has 0 bridgehead atoms. The number of benzene rings is 2. The minimum atomic E-state index is -1.40. The van der Waals surface area contributed by atoms with E-state index in [0.717, 1.165) is 16.7 Å². The van der Waals surface area contributed by atoms with Crippen molar-refractivity contribution in [3.8, 4) is 11.8 Å². The van der Waals surface area contributed by atoms with Crippen molar-refractivity contribution in [2.45, 2.75) is 17.9 Å². The lowest BCUT2D eigenvalue weighted by Crippen LogP contribution is -2.28. The molecule has 0 fully saturated rings. The van der Waals surface area contributed by atoms with Crippen molar-refractivity contribution in [1.29, 1.82) is 0 Å². The van der Waals surface area contributed by atoms with E-state index in [9.17, 15) is 9.35 Å².